The molecular formula is C31H36N2O. The first kappa shape index (κ1) is 21.9. The summed E-state index contributed by atoms with van der Waals surface area (Å²) in [7, 11) is 1.81. The van der Waals surface area contributed by atoms with Crippen molar-refractivity contribution in [3.05, 3.63) is 101 Å². The summed E-state index contributed by atoms with van der Waals surface area (Å²) in [6.45, 7) is 3.25. The molecule has 3 aromatic rings. The Balaban J connectivity index is 1.19. The molecule has 4 atom stereocenters. The van der Waals surface area contributed by atoms with Crippen molar-refractivity contribution in [2.24, 2.45) is 5.92 Å². The Hall–Kier alpha value is -2.62. The van der Waals surface area contributed by atoms with E-state index in [-0.39, 0.29) is 0 Å². The molecule has 4 aliphatic rings. The fourth-order valence-electron chi connectivity index (χ4n) is 6.83. The van der Waals surface area contributed by atoms with Crippen molar-refractivity contribution >= 4 is 0 Å². The van der Waals surface area contributed by atoms with Gasteiger partial charge in [0.25, 0.3) is 0 Å². The molecule has 0 radical (unpaired) electrons. The van der Waals surface area contributed by atoms with Gasteiger partial charge in [-0.25, -0.2) is 0 Å². The molecule has 7 rings (SSSR count). The summed E-state index contributed by atoms with van der Waals surface area (Å²) >= 11 is 0. The zero-order chi connectivity index (χ0) is 22.9. The number of aryl methyl sites for hydroxylation is 2. The first-order valence-corrected chi connectivity index (χ1v) is 13.1. The number of piperidine rings is 3. The molecule has 3 heterocycles. The maximum Gasteiger partial charge on any atom is 0.123 e. The molecule has 3 nitrogen and oxygen atoms in total. The van der Waals surface area contributed by atoms with E-state index in [0.717, 1.165) is 24.8 Å². The fraction of sp³-hybridized carbons (Fsp3) is 0.419. The minimum atomic E-state index is 0.433. The van der Waals surface area contributed by atoms with Crippen LogP contribution in [-0.2, 0) is 19.4 Å². The number of rotatable bonds is 7. The van der Waals surface area contributed by atoms with Crippen LogP contribution in [0.2, 0.25) is 0 Å². The number of nitrogens with one attached hydrogen (secondary N) is 1. The third-order valence-electron chi connectivity index (χ3n) is 8.55. The zero-order valence-electron chi connectivity index (χ0n) is 20.2. The van der Waals surface area contributed by atoms with Crippen LogP contribution in [0.15, 0.2) is 72.8 Å². The smallest absolute Gasteiger partial charge is 0.123 e. The number of benzene rings is 3. The Morgan fingerprint density at radius 2 is 1.62 bits per heavy atom. The van der Waals surface area contributed by atoms with Gasteiger partial charge in [-0.1, -0.05) is 66.7 Å². The standard InChI is InChI=1S/C31H36N2O/c1-34-30-19-25-14-8-13-24(25)17-27(30)20-32-28-21-33-16-15-26(28)18-29(33)31(22-9-4-2-5-10-22)23-11-6-3-7-12-23/h2-7,9-12,17,19,26,28-29,31-32H,8,13-16,18,20-21H2,1H3/t26?,28-,29?/m1/s1. The second-order valence-corrected chi connectivity index (χ2v) is 10.4. The molecular weight excluding hydrogens is 416 g/mol. The van der Waals surface area contributed by atoms with E-state index in [1.54, 1.807) is 0 Å². The minimum Gasteiger partial charge on any atom is -0.496 e. The van der Waals surface area contributed by atoms with Crippen LogP contribution in [0.5, 0.6) is 5.75 Å². The van der Waals surface area contributed by atoms with Crippen LogP contribution in [0.4, 0.5) is 0 Å². The van der Waals surface area contributed by atoms with Gasteiger partial charge in [-0.05, 0) is 72.9 Å². The Morgan fingerprint density at radius 1 is 0.941 bits per heavy atom. The molecule has 1 N–H and O–H groups in total. The minimum absolute atomic E-state index is 0.433. The summed E-state index contributed by atoms with van der Waals surface area (Å²) in [5.41, 5.74) is 7.22. The number of fused-ring (bicyclic) bond motifs is 4. The Morgan fingerprint density at radius 3 is 2.24 bits per heavy atom. The van der Waals surface area contributed by atoms with E-state index in [2.05, 4.69) is 83.0 Å². The lowest BCUT2D eigenvalue weighted by Crippen LogP contribution is -2.61. The van der Waals surface area contributed by atoms with Crippen molar-refractivity contribution in [3.63, 3.8) is 0 Å². The lowest BCUT2D eigenvalue weighted by Gasteiger charge is -2.52. The molecule has 0 aromatic heterocycles. The van der Waals surface area contributed by atoms with Crippen LogP contribution in [0, 0.1) is 5.92 Å². The van der Waals surface area contributed by atoms with Crippen LogP contribution in [0.25, 0.3) is 0 Å². The van der Waals surface area contributed by atoms with Crippen molar-refractivity contribution in [1.29, 1.82) is 0 Å². The number of ether oxygens (including phenoxy) is 1. The van der Waals surface area contributed by atoms with Crippen LogP contribution in [0.3, 0.4) is 0 Å². The van der Waals surface area contributed by atoms with Gasteiger partial charge in [-0.2, -0.15) is 0 Å². The first-order chi connectivity index (χ1) is 16.8. The lowest BCUT2D eigenvalue weighted by atomic mass is 9.72. The molecule has 3 saturated heterocycles. The number of nitrogens with zero attached hydrogens (tertiary/aromatic N) is 1. The number of methoxy groups -OCH3 is 1. The molecule has 2 bridgehead atoms. The topological polar surface area (TPSA) is 24.5 Å². The highest BCUT2D eigenvalue weighted by molar-refractivity contribution is 5.45. The Labute approximate surface area is 204 Å². The second-order valence-electron chi connectivity index (χ2n) is 10.4. The predicted octanol–water partition coefficient (Wildman–Crippen LogP) is 5.57. The molecule has 3 aliphatic heterocycles. The molecule has 176 valence electrons. The normalized spacial score (nSPS) is 25.5. The van der Waals surface area contributed by atoms with Crippen molar-refractivity contribution in [2.75, 3.05) is 20.2 Å². The van der Waals surface area contributed by atoms with Gasteiger partial charge in [-0.3, -0.25) is 4.90 Å². The summed E-state index contributed by atoms with van der Waals surface area (Å²) in [6, 6.07) is 28.1. The molecule has 3 aromatic carbocycles. The van der Waals surface area contributed by atoms with Gasteiger partial charge in [-0.15, -0.1) is 0 Å². The van der Waals surface area contributed by atoms with Gasteiger partial charge in [0.15, 0.2) is 0 Å². The second kappa shape index (κ2) is 9.56. The van der Waals surface area contributed by atoms with E-state index in [9.17, 15) is 0 Å². The average Bonchev–Trinajstić information content (AvgIpc) is 3.36. The summed E-state index contributed by atoms with van der Waals surface area (Å²) in [6.07, 6.45) is 6.25. The molecule has 0 saturated carbocycles. The van der Waals surface area contributed by atoms with E-state index >= 15 is 0 Å². The van der Waals surface area contributed by atoms with E-state index in [4.69, 9.17) is 4.74 Å². The van der Waals surface area contributed by atoms with Crippen LogP contribution < -0.4 is 10.1 Å². The van der Waals surface area contributed by atoms with E-state index in [0.29, 0.717) is 18.0 Å². The molecule has 34 heavy (non-hydrogen) atoms. The quantitative estimate of drug-likeness (QED) is 0.507. The van der Waals surface area contributed by atoms with E-state index < -0.39 is 0 Å². The van der Waals surface area contributed by atoms with Gasteiger partial charge < -0.3 is 10.1 Å². The predicted molar refractivity (Wildman–Crippen MR) is 138 cm³/mol. The van der Waals surface area contributed by atoms with Crippen molar-refractivity contribution in [2.45, 2.75) is 56.7 Å². The zero-order valence-corrected chi connectivity index (χ0v) is 20.2. The van der Waals surface area contributed by atoms with Crippen molar-refractivity contribution < 1.29 is 4.74 Å². The van der Waals surface area contributed by atoms with Gasteiger partial charge in [0.1, 0.15) is 5.75 Å². The highest BCUT2D eigenvalue weighted by atomic mass is 16.5. The van der Waals surface area contributed by atoms with Crippen LogP contribution >= 0.6 is 0 Å². The maximum atomic E-state index is 5.77. The van der Waals surface area contributed by atoms with Gasteiger partial charge in [0.05, 0.1) is 7.11 Å². The first-order valence-electron chi connectivity index (χ1n) is 13.1. The Kier molecular flexibility index (Phi) is 6.15. The monoisotopic (exact) mass is 452 g/mol. The van der Waals surface area contributed by atoms with Gasteiger partial charge >= 0.3 is 0 Å². The summed E-state index contributed by atoms with van der Waals surface area (Å²) < 4.78 is 5.77. The molecule has 3 unspecified atom stereocenters. The maximum absolute atomic E-state index is 5.77. The number of hydrogen-bond acceptors (Lipinski definition) is 3. The molecule has 3 heteroatoms. The molecule has 1 aliphatic carbocycles. The largest absolute Gasteiger partial charge is 0.496 e. The van der Waals surface area contributed by atoms with Gasteiger partial charge in [0, 0.05) is 36.7 Å². The fourth-order valence-corrected chi connectivity index (χ4v) is 6.83. The molecule has 3 fully saturated rings. The lowest BCUT2D eigenvalue weighted by molar-refractivity contribution is 0.0125. The average molecular weight is 453 g/mol. The van der Waals surface area contributed by atoms with Gasteiger partial charge in [0.2, 0.25) is 0 Å². The Bertz CT molecular complexity index is 1070. The molecule has 0 amide bonds. The number of hydrogen-bond donors (Lipinski definition) is 1. The highest BCUT2D eigenvalue weighted by Gasteiger charge is 2.43. The summed E-state index contributed by atoms with van der Waals surface area (Å²) in [4.78, 5) is 2.77. The van der Waals surface area contributed by atoms with Crippen LogP contribution in [-0.4, -0.2) is 37.2 Å². The SMILES string of the molecule is COc1cc2c(cc1CN[C@@H]1CN3CCC1CC3C(c1ccccc1)c1ccccc1)CCC2. The summed E-state index contributed by atoms with van der Waals surface area (Å²) in [5, 5.41) is 3.95. The highest BCUT2D eigenvalue weighted by Crippen LogP contribution is 2.42. The van der Waals surface area contributed by atoms with E-state index in [1.165, 1.54) is 66.5 Å². The molecule has 0 spiro atoms. The van der Waals surface area contributed by atoms with Crippen molar-refractivity contribution in [3.8, 4) is 5.75 Å². The van der Waals surface area contributed by atoms with Crippen molar-refractivity contribution in [1.82, 2.24) is 10.2 Å². The van der Waals surface area contributed by atoms with E-state index in [1.807, 2.05) is 7.11 Å². The third kappa shape index (κ3) is 4.16. The third-order valence-corrected chi connectivity index (χ3v) is 8.55. The summed E-state index contributed by atoms with van der Waals surface area (Å²) in [5.74, 6) is 2.22. The van der Waals surface area contributed by atoms with Crippen LogP contribution in [0.1, 0.15) is 53.0 Å².